The summed E-state index contributed by atoms with van der Waals surface area (Å²) < 4.78 is 0. The van der Waals surface area contributed by atoms with Crippen molar-refractivity contribution >= 4 is 17.9 Å². The fraction of sp³-hybridized carbons (Fsp3) is 0.125. The Kier molecular flexibility index (Phi) is 3.01. The van der Waals surface area contributed by atoms with Gasteiger partial charge in [-0.3, -0.25) is 15.5 Å². The predicted molar refractivity (Wildman–Crippen MR) is 85.6 cm³/mol. The third-order valence-corrected chi connectivity index (χ3v) is 3.74. The van der Waals surface area contributed by atoms with Crippen LogP contribution in [-0.4, -0.2) is 28.1 Å². The van der Waals surface area contributed by atoms with Crippen molar-refractivity contribution in [2.24, 2.45) is 4.99 Å². The molecule has 0 saturated heterocycles. The van der Waals surface area contributed by atoms with Gasteiger partial charge in [0, 0.05) is 17.3 Å². The molecule has 3 heterocycles. The average molecular weight is 293 g/mol. The molecule has 0 bridgehead atoms. The number of aryl methyl sites for hydroxylation is 1. The molecule has 2 aliphatic heterocycles. The number of benzene rings is 1. The summed E-state index contributed by atoms with van der Waals surface area (Å²) in [5.74, 6) is 0.809. The number of rotatable bonds is 3. The molecule has 0 saturated carbocycles. The first-order valence-electron chi connectivity index (χ1n) is 7.22. The van der Waals surface area contributed by atoms with Crippen molar-refractivity contribution in [3.8, 4) is 0 Å². The first-order chi connectivity index (χ1) is 10.8. The molecule has 110 valence electrons. The van der Waals surface area contributed by atoms with Gasteiger partial charge in [-0.2, -0.15) is 5.10 Å². The molecule has 2 aliphatic rings. The molecule has 22 heavy (non-hydrogen) atoms. The molecule has 2 aromatic rings. The molecule has 6 heteroatoms. The average Bonchev–Trinajstić information content (AvgIpc) is 3.16. The molecular formula is C16H17N6+. The number of hydrogen-bond acceptors (Lipinski definition) is 4. The molecule has 0 aliphatic carbocycles. The van der Waals surface area contributed by atoms with Gasteiger partial charge in [0.25, 0.3) is 0 Å². The Morgan fingerprint density at radius 3 is 2.91 bits per heavy atom. The maximum Gasteiger partial charge on any atom is 0.198 e. The van der Waals surface area contributed by atoms with E-state index in [1.54, 1.807) is 0 Å². The lowest BCUT2D eigenvalue weighted by molar-refractivity contribution is -0.669. The lowest BCUT2D eigenvalue weighted by Crippen LogP contribution is -3.07. The minimum Gasteiger partial charge on any atom is -0.281 e. The van der Waals surface area contributed by atoms with E-state index in [0.717, 1.165) is 18.1 Å². The van der Waals surface area contributed by atoms with Gasteiger partial charge >= 0.3 is 0 Å². The van der Waals surface area contributed by atoms with E-state index in [-0.39, 0.29) is 0 Å². The number of aromatic nitrogens is 2. The Hall–Kier alpha value is -2.86. The molecule has 0 radical (unpaired) electrons. The molecule has 6 nitrogen and oxygen atoms in total. The van der Waals surface area contributed by atoms with E-state index in [9.17, 15) is 0 Å². The second-order valence-electron chi connectivity index (χ2n) is 5.43. The number of quaternary nitrogens is 1. The van der Waals surface area contributed by atoms with Gasteiger partial charge in [0.15, 0.2) is 23.6 Å². The summed E-state index contributed by atoms with van der Waals surface area (Å²) in [6.07, 6.45) is 5.98. The lowest BCUT2D eigenvalue weighted by Gasteiger charge is -2.29. The van der Waals surface area contributed by atoms with E-state index in [4.69, 9.17) is 0 Å². The number of fused-ring (bicyclic) bond motifs is 1. The highest BCUT2D eigenvalue weighted by Gasteiger charge is 2.31. The van der Waals surface area contributed by atoms with Crippen LogP contribution in [0, 0.1) is 6.92 Å². The summed E-state index contributed by atoms with van der Waals surface area (Å²) in [5, 5.41) is 9.22. The molecule has 0 fully saturated rings. The topological polar surface area (TPSA) is 60.8 Å². The van der Waals surface area contributed by atoms with Crippen molar-refractivity contribution in [3.63, 3.8) is 0 Å². The second-order valence-corrected chi connectivity index (χ2v) is 5.43. The Morgan fingerprint density at radius 2 is 2.14 bits per heavy atom. The quantitative estimate of drug-likeness (QED) is 0.795. The SMILES string of the molecule is Cc1cc(NN2C=C(c3ccccc3)[NH+]3C=NC=C3C2)n[nH]1. The van der Waals surface area contributed by atoms with E-state index < -0.39 is 0 Å². The van der Waals surface area contributed by atoms with E-state index in [0.29, 0.717) is 0 Å². The van der Waals surface area contributed by atoms with Crippen LogP contribution in [0.1, 0.15) is 11.3 Å². The Balaban J connectivity index is 1.67. The van der Waals surface area contributed by atoms with Gasteiger partial charge in [-0.1, -0.05) is 18.2 Å². The molecule has 1 aromatic carbocycles. The van der Waals surface area contributed by atoms with Crippen molar-refractivity contribution in [2.75, 3.05) is 12.0 Å². The third kappa shape index (κ3) is 2.29. The van der Waals surface area contributed by atoms with Gasteiger partial charge in [-0.25, -0.2) is 9.89 Å². The highest BCUT2D eigenvalue weighted by molar-refractivity contribution is 5.68. The van der Waals surface area contributed by atoms with Crippen LogP contribution in [0.2, 0.25) is 0 Å². The third-order valence-electron chi connectivity index (χ3n) is 3.74. The normalized spacial score (nSPS) is 19.7. The van der Waals surface area contributed by atoms with E-state index >= 15 is 0 Å². The van der Waals surface area contributed by atoms with Crippen LogP contribution >= 0.6 is 0 Å². The summed E-state index contributed by atoms with van der Waals surface area (Å²) in [7, 11) is 0. The van der Waals surface area contributed by atoms with Crippen LogP contribution in [0.25, 0.3) is 5.70 Å². The number of hydrazine groups is 1. The van der Waals surface area contributed by atoms with Gasteiger partial charge in [0.1, 0.15) is 6.54 Å². The highest BCUT2D eigenvalue weighted by atomic mass is 15.5. The van der Waals surface area contributed by atoms with Gasteiger partial charge in [0.05, 0.1) is 12.4 Å². The number of aliphatic imine (C=N–C) groups is 1. The minimum atomic E-state index is 0.761. The zero-order valence-corrected chi connectivity index (χ0v) is 12.2. The van der Waals surface area contributed by atoms with Crippen LogP contribution < -0.4 is 10.3 Å². The Labute approximate surface area is 128 Å². The number of aromatic amines is 1. The van der Waals surface area contributed by atoms with Gasteiger partial charge in [-0.05, 0) is 19.1 Å². The molecule has 1 aromatic heterocycles. The number of nitrogens with one attached hydrogen (secondary N) is 3. The van der Waals surface area contributed by atoms with E-state index in [1.165, 1.54) is 21.9 Å². The summed E-state index contributed by atoms with van der Waals surface area (Å²) in [4.78, 5) is 5.50. The Morgan fingerprint density at radius 1 is 1.27 bits per heavy atom. The molecule has 0 spiro atoms. The maximum atomic E-state index is 4.31. The molecule has 1 atom stereocenters. The lowest BCUT2D eigenvalue weighted by atomic mass is 10.1. The number of hydrogen-bond donors (Lipinski definition) is 3. The van der Waals surface area contributed by atoms with Gasteiger partial charge < -0.3 is 0 Å². The van der Waals surface area contributed by atoms with Gasteiger partial charge in [0.2, 0.25) is 0 Å². The first kappa shape index (κ1) is 12.8. The molecule has 1 unspecified atom stereocenters. The van der Waals surface area contributed by atoms with Crippen LogP contribution in [-0.2, 0) is 0 Å². The maximum absolute atomic E-state index is 4.31. The van der Waals surface area contributed by atoms with Crippen molar-refractivity contribution in [1.29, 1.82) is 0 Å². The van der Waals surface area contributed by atoms with Crippen molar-refractivity contribution in [3.05, 3.63) is 65.8 Å². The fourth-order valence-electron chi connectivity index (χ4n) is 2.72. The predicted octanol–water partition coefficient (Wildman–Crippen LogP) is 1.13. The summed E-state index contributed by atoms with van der Waals surface area (Å²) >= 11 is 0. The zero-order chi connectivity index (χ0) is 14.9. The van der Waals surface area contributed by atoms with E-state index in [1.807, 2.05) is 36.6 Å². The van der Waals surface area contributed by atoms with Crippen LogP contribution in [0.4, 0.5) is 5.82 Å². The zero-order valence-electron chi connectivity index (χ0n) is 12.2. The second kappa shape index (κ2) is 5.16. The van der Waals surface area contributed by atoms with Crippen molar-refractivity contribution in [2.45, 2.75) is 6.92 Å². The molecule has 3 N–H and O–H groups in total. The number of nitrogens with zero attached hydrogens (tertiary/aromatic N) is 3. The molecule has 0 amide bonds. The summed E-state index contributed by atoms with van der Waals surface area (Å²) in [5.41, 5.74) is 7.91. The van der Waals surface area contributed by atoms with Crippen molar-refractivity contribution in [1.82, 2.24) is 15.2 Å². The smallest absolute Gasteiger partial charge is 0.198 e. The summed E-state index contributed by atoms with van der Waals surface area (Å²) in [6.45, 7) is 2.75. The van der Waals surface area contributed by atoms with Crippen LogP contribution in [0.5, 0.6) is 0 Å². The number of anilines is 1. The largest absolute Gasteiger partial charge is 0.281 e. The highest BCUT2D eigenvalue weighted by Crippen LogP contribution is 2.17. The minimum absolute atomic E-state index is 0.761. The van der Waals surface area contributed by atoms with Crippen LogP contribution in [0.15, 0.2) is 59.5 Å². The summed E-state index contributed by atoms with van der Waals surface area (Å²) in [6, 6.07) is 12.3. The van der Waals surface area contributed by atoms with E-state index in [2.05, 4.69) is 51.1 Å². The molecular weight excluding hydrogens is 276 g/mol. The number of H-pyrrole nitrogens is 1. The monoisotopic (exact) mass is 293 g/mol. The van der Waals surface area contributed by atoms with Crippen LogP contribution in [0.3, 0.4) is 0 Å². The molecule has 4 rings (SSSR count). The fourth-order valence-corrected chi connectivity index (χ4v) is 2.72. The van der Waals surface area contributed by atoms with Crippen molar-refractivity contribution < 1.29 is 4.90 Å². The Bertz CT molecular complexity index is 771. The first-order valence-corrected chi connectivity index (χ1v) is 7.22. The standard InChI is InChI=1S/C16H16N6/c1-12-7-16(19-18-12)20-21-9-14-8-17-11-22(14)15(10-21)13-5-3-2-4-6-13/h2-8,10-11H,9H2,1H3,(H2,18,19,20)/p+1. The van der Waals surface area contributed by atoms with Gasteiger partial charge in [-0.15, -0.1) is 0 Å².